The number of fused-ring (bicyclic) bond motifs is 2. The number of aliphatic hydroxyl groups excluding tert-OH is 1. The van der Waals surface area contributed by atoms with Crippen LogP contribution >= 0.6 is 0 Å². The highest BCUT2D eigenvalue weighted by Crippen LogP contribution is 2.41. The minimum absolute atomic E-state index is 0.186. The fourth-order valence-electron chi connectivity index (χ4n) is 4.24. The van der Waals surface area contributed by atoms with Gasteiger partial charge in [-0.05, 0) is 24.7 Å². The summed E-state index contributed by atoms with van der Waals surface area (Å²) >= 11 is 0. The van der Waals surface area contributed by atoms with Crippen molar-refractivity contribution in [1.29, 1.82) is 0 Å². The largest absolute Gasteiger partial charge is 0.387 e. The van der Waals surface area contributed by atoms with Crippen LogP contribution in [0.3, 0.4) is 0 Å². The molecule has 2 unspecified atom stereocenters. The van der Waals surface area contributed by atoms with Gasteiger partial charge in [-0.25, -0.2) is 9.97 Å². The SMILES string of the molecule is CN(c1ncnc2[nH]c(F)cc12)C1CC2CN(C(=O)CO)C[C@@H]2C1. The molecule has 3 heterocycles. The Balaban J connectivity index is 1.51. The smallest absolute Gasteiger partial charge is 0.248 e. The number of nitrogens with zero attached hydrogens (tertiary/aromatic N) is 4. The zero-order valence-electron chi connectivity index (χ0n) is 13.4. The maximum Gasteiger partial charge on any atom is 0.248 e. The van der Waals surface area contributed by atoms with Crippen LogP contribution in [0, 0.1) is 17.8 Å². The molecule has 0 radical (unpaired) electrons. The first-order valence-corrected chi connectivity index (χ1v) is 8.17. The Morgan fingerprint density at radius 2 is 2.12 bits per heavy atom. The number of aromatic nitrogens is 3. The Morgan fingerprint density at radius 1 is 1.42 bits per heavy atom. The fourth-order valence-corrected chi connectivity index (χ4v) is 4.24. The summed E-state index contributed by atoms with van der Waals surface area (Å²) in [4.78, 5) is 26.5. The number of nitrogens with one attached hydrogen (secondary N) is 1. The summed E-state index contributed by atoms with van der Waals surface area (Å²) < 4.78 is 13.5. The second-order valence-corrected chi connectivity index (χ2v) is 6.79. The van der Waals surface area contributed by atoms with Crippen LogP contribution in [-0.2, 0) is 4.79 Å². The molecule has 0 spiro atoms. The van der Waals surface area contributed by atoms with Gasteiger partial charge in [-0.15, -0.1) is 0 Å². The van der Waals surface area contributed by atoms with E-state index in [0.717, 1.165) is 18.7 Å². The van der Waals surface area contributed by atoms with Crippen molar-refractivity contribution in [3.05, 3.63) is 18.3 Å². The Kier molecular flexibility index (Phi) is 3.64. The van der Waals surface area contributed by atoms with Crippen molar-refractivity contribution < 1.29 is 14.3 Å². The Hall–Kier alpha value is -2.22. The van der Waals surface area contributed by atoms with Gasteiger partial charge in [0.05, 0.1) is 5.39 Å². The zero-order valence-corrected chi connectivity index (χ0v) is 13.4. The van der Waals surface area contributed by atoms with Crippen LogP contribution in [0.2, 0.25) is 0 Å². The summed E-state index contributed by atoms with van der Waals surface area (Å²) in [5, 5.41) is 9.69. The monoisotopic (exact) mass is 333 g/mol. The number of likely N-dealkylation sites (tertiary alicyclic amines) is 1. The minimum Gasteiger partial charge on any atom is -0.387 e. The molecule has 1 aliphatic heterocycles. The number of rotatable bonds is 3. The van der Waals surface area contributed by atoms with Crippen LogP contribution in [0.15, 0.2) is 12.4 Å². The Bertz CT molecular complexity index is 765. The molecule has 1 amide bonds. The molecule has 1 saturated heterocycles. The van der Waals surface area contributed by atoms with E-state index in [1.807, 2.05) is 7.05 Å². The van der Waals surface area contributed by atoms with Gasteiger partial charge in [0.15, 0.2) is 5.95 Å². The van der Waals surface area contributed by atoms with Crippen LogP contribution in [-0.4, -0.2) is 63.7 Å². The van der Waals surface area contributed by atoms with E-state index in [1.54, 1.807) is 4.90 Å². The van der Waals surface area contributed by atoms with Crippen LogP contribution in [0.25, 0.3) is 11.0 Å². The first kappa shape index (κ1) is 15.3. The number of hydrogen-bond acceptors (Lipinski definition) is 5. The Labute approximate surface area is 138 Å². The van der Waals surface area contributed by atoms with Crippen LogP contribution in [0.5, 0.6) is 0 Å². The number of anilines is 1. The molecule has 2 aromatic rings. The number of carbonyl (C=O) groups excluding carboxylic acids is 1. The number of aliphatic hydroxyl groups is 1. The lowest BCUT2D eigenvalue weighted by atomic mass is 10.0. The van der Waals surface area contributed by atoms with Crippen LogP contribution in [0.4, 0.5) is 10.2 Å². The highest BCUT2D eigenvalue weighted by Gasteiger charge is 2.43. The molecule has 1 aliphatic carbocycles. The van der Waals surface area contributed by atoms with E-state index < -0.39 is 12.6 Å². The van der Waals surface area contributed by atoms with Gasteiger partial charge in [-0.1, -0.05) is 0 Å². The first-order valence-electron chi connectivity index (χ1n) is 8.17. The van der Waals surface area contributed by atoms with Gasteiger partial charge in [-0.3, -0.25) is 4.79 Å². The van der Waals surface area contributed by atoms with E-state index in [9.17, 15) is 9.18 Å². The normalized spacial score (nSPS) is 26.1. The molecular weight excluding hydrogens is 313 g/mol. The molecule has 4 rings (SSSR count). The maximum absolute atomic E-state index is 13.5. The summed E-state index contributed by atoms with van der Waals surface area (Å²) in [5.41, 5.74) is 0.502. The standard InChI is InChI=1S/C16H20FN5O2/c1-21(16-12-4-13(17)20-15(12)18-8-19-16)11-2-9-5-22(14(24)7-23)6-10(9)3-11/h4,8-11,23H,2-3,5-7H2,1H3,(H,18,19,20)/t9-,10?,11?/m0/s1. The molecule has 1 saturated carbocycles. The molecule has 2 aromatic heterocycles. The second-order valence-electron chi connectivity index (χ2n) is 6.79. The number of hydrogen-bond donors (Lipinski definition) is 2. The molecule has 0 aromatic carbocycles. The first-order chi connectivity index (χ1) is 11.6. The predicted molar refractivity (Wildman–Crippen MR) is 85.9 cm³/mol. The van der Waals surface area contributed by atoms with E-state index in [0.29, 0.717) is 42.0 Å². The third-order valence-electron chi connectivity index (χ3n) is 5.47. The predicted octanol–water partition coefficient (Wildman–Crippen LogP) is 0.762. The van der Waals surface area contributed by atoms with Gasteiger partial charge >= 0.3 is 0 Å². The molecule has 128 valence electrons. The Morgan fingerprint density at radius 3 is 2.79 bits per heavy atom. The van der Waals surface area contributed by atoms with Gasteiger partial charge in [0.2, 0.25) is 5.91 Å². The summed E-state index contributed by atoms with van der Waals surface area (Å²) in [6.45, 7) is 1.01. The summed E-state index contributed by atoms with van der Waals surface area (Å²) in [6, 6.07) is 1.74. The number of amides is 1. The van der Waals surface area contributed by atoms with E-state index >= 15 is 0 Å². The quantitative estimate of drug-likeness (QED) is 0.866. The van der Waals surface area contributed by atoms with Crippen molar-refractivity contribution in [2.24, 2.45) is 11.8 Å². The molecular formula is C16H20FN5O2. The van der Waals surface area contributed by atoms with Crippen molar-refractivity contribution in [3.8, 4) is 0 Å². The summed E-state index contributed by atoms with van der Waals surface area (Å²) in [7, 11) is 1.98. The van der Waals surface area contributed by atoms with Gasteiger partial charge in [0.25, 0.3) is 0 Å². The number of halogens is 1. The van der Waals surface area contributed by atoms with Crippen molar-refractivity contribution in [1.82, 2.24) is 19.9 Å². The van der Waals surface area contributed by atoms with Gasteiger partial charge < -0.3 is 19.9 Å². The van der Waals surface area contributed by atoms with Crippen molar-refractivity contribution >= 4 is 22.8 Å². The van der Waals surface area contributed by atoms with E-state index in [-0.39, 0.29) is 5.91 Å². The van der Waals surface area contributed by atoms with Gasteiger partial charge in [0.1, 0.15) is 24.4 Å². The highest BCUT2D eigenvalue weighted by molar-refractivity contribution is 5.87. The lowest BCUT2D eigenvalue weighted by molar-refractivity contribution is -0.133. The highest BCUT2D eigenvalue weighted by atomic mass is 19.1. The molecule has 0 bridgehead atoms. The molecule has 8 heteroatoms. The lowest BCUT2D eigenvalue weighted by Crippen LogP contribution is -2.35. The number of carbonyl (C=O) groups is 1. The molecule has 2 N–H and O–H groups in total. The molecule has 7 nitrogen and oxygen atoms in total. The van der Waals surface area contributed by atoms with E-state index in [1.165, 1.54) is 12.4 Å². The maximum atomic E-state index is 13.5. The van der Waals surface area contributed by atoms with Gasteiger partial charge in [-0.2, -0.15) is 4.39 Å². The number of aromatic amines is 1. The lowest BCUT2D eigenvalue weighted by Gasteiger charge is -2.27. The van der Waals surface area contributed by atoms with E-state index in [2.05, 4.69) is 19.9 Å². The topological polar surface area (TPSA) is 85.4 Å². The second kappa shape index (κ2) is 5.70. The van der Waals surface area contributed by atoms with Crippen molar-refractivity contribution in [3.63, 3.8) is 0 Å². The van der Waals surface area contributed by atoms with Gasteiger partial charge in [0, 0.05) is 32.2 Å². The molecule has 24 heavy (non-hydrogen) atoms. The van der Waals surface area contributed by atoms with Crippen molar-refractivity contribution in [2.75, 3.05) is 31.6 Å². The average Bonchev–Trinajstić information content (AvgIpc) is 3.23. The van der Waals surface area contributed by atoms with Crippen LogP contribution < -0.4 is 4.90 Å². The fraction of sp³-hybridized carbons (Fsp3) is 0.562. The molecule has 3 atom stereocenters. The number of H-pyrrole nitrogens is 1. The third kappa shape index (κ3) is 2.41. The molecule has 2 aliphatic rings. The molecule has 2 fully saturated rings. The van der Waals surface area contributed by atoms with Crippen LogP contribution in [0.1, 0.15) is 12.8 Å². The van der Waals surface area contributed by atoms with Crippen molar-refractivity contribution in [2.45, 2.75) is 18.9 Å². The summed E-state index contributed by atoms with van der Waals surface area (Å²) in [6.07, 6.45) is 3.38. The summed E-state index contributed by atoms with van der Waals surface area (Å²) in [5.74, 6) is 1.03. The minimum atomic E-state index is -0.416. The van der Waals surface area contributed by atoms with E-state index in [4.69, 9.17) is 5.11 Å². The third-order valence-corrected chi connectivity index (χ3v) is 5.47. The zero-order chi connectivity index (χ0) is 16.8. The average molecular weight is 333 g/mol.